The molecule has 1 aromatic heterocycles. The van der Waals surface area contributed by atoms with Crippen molar-refractivity contribution in [3.63, 3.8) is 0 Å². The molecule has 9 nitrogen and oxygen atoms in total. The second-order valence-electron chi connectivity index (χ2n) is 7.71. The smallest absolute Gasteiger partial charge is 0.324 e. The number of imidazole rings is 1. The molecule has 2 N–H and O–H groups in total. The van der Waals surface area contributed by atoms with Crippen LogP contribution in [0, 0.1) is 0 Å². The minimum atomic E-state index is -3.17. The highest BCUT2D eigenvalue weighted by atomic mass is 32.2. The SMILES string of the molecule is CC(CS(=O)(=O)CCCCCN1CC(=O)NC1=O)c1cnc(N2CCCC2)[nH]1. The lowest BCUT2D eigenvalue weighted by molar-refractivity contribution is -0.118. The van der Waals surface area contributed by atoms with Crippen LogP contribution in [0.4, 0.5) is 10.7 Å². The standard InChI is InChI=1S/C18H29N5O4S/c1-14(15-11-19-17(20-15)22-7-4-5-8-22)13-28(26,27)10-6-2-3-9-23-12-16(24)21-18(23)25/h11,14H,2-10,12-13H2,1H3,(H,19,20)(H,21,24,25). The fraction of sp³-hybridized carbons (Fsp3) is 0.722. The molecule has 2 saturated heterocycles. The van der Waals surface area contributed by atoms with Crippen LogP contribution in [0.3, 0.4) is 0 Å². The van der Waals surface area contributed by atoms with E-state index < -0.39 is 9.84 Å². The molecule has 0 aliphatic carbocycles. The molecule has 3 heterocycles. The van der Waals surface area contributed by atoms with Crippen LogP contribution in [0.1, 0.15) is 50.6 Å². The molecule has 0 aromatic carbocycles. The number of anilines is 1. The van der Waals surface area contributed by atoms with Gasteiger partial charge in [0.25, 0.3) is 0 Å². The first-order chi connectivity index (χ1) is 13.3. The minimum Gasteiger partial charge on any atom is -0.342 e. The van der Waals surface area contributed by atoms with E-state index in [1.54, 1.807) is 6.20 Å². The predicted octanol–water partition coefficient (Wildman–Crippen LogP) is 1.25. The predicted molar refractivity (Wildman–Crippen MR) is 106 cm³/mol. The van der Waals surface area contributed by atoms with Gasteiger partial charge in [0.1, 0.15) is 6.54 Å². The van der Waals surface area contributed by atoms with E-state index in [1.165, 1.54) is 17.7 Å². The van der Waals surface area contributed by atoms with Crippen molar-refractivity contribution in [3.8, 4) is 0 Å². The Labute approximate surface area is 165 Å². The van der Waals surface area contributed by atoms with Crippen molar-refractivity contribution in [3.05, 3.63) is 11.9 Å². The number of urea groups is 1. The van der Waals surface area contributed by atoms with Crippen LogP contribution in [0.15, 0.2) is 6.20 Å². The number of carbonyl (C=O) groups is 2. The van der Waals surface area contributed by atoms with Gasteiger partial charge >= 0.3 is 6.03 Å². The summed E-state index contributed by atoms with van der Waals surface area (Å²) < 4.78 is 24.9. The maximum absolute atomic E-state index is 12.4. The number of hydrogen-bond acceptors (Lipinski definition) is 6. The van der Waals surface area contributed by atoms with Crippen molar-refractivity contribution in [2.24, 2.45) is 0 Å². The monoisotopic (exact) mass is 411 g/mol. The van der Waals surface area contributed by atoms with Gasteiger partial charge in [-0.25, -0.2) is 18.2 Å². The van der Waals surface area contributed by atoms with E-state index in [0.29, 0.717) is 25.8 Å². The maximum atomic E-state index is 12.4. The van der Waals surface area contributed by atoms with E-state index in [-0.39, 0.29) is 35.9 Å². The van der Waals surface area contributed by atoms with Gasteiger partial charge in [-0.1, -0.05) is 13.3 Å². The number of hydrogen-bond donors (Lipinski definition) is 2. The third kappa shape index (κ3) is 5.46. The van der Waals surface area contributed by atoms with Crippen LogP contribution in [0.25, 0.3) is 0 Å². The van der Waals surface area contributed by atoms with Crippen LogP contribution in [0.2, 0.25) is 0 Å². The van der Waals surface area contributed by atoms with E-state index in [9.17, 15) is 18.0 Å². The van der Waals surface area contributed by atoms with Gasteiger partial charge in [0.05, 0.1) is 17.7 Å². The van der Waals surface area contributed by atoms with Gasteiger partial charge in [0, 0.05) is 31.2 Å². The second-order valence-corrected chi connectivity index (χ2v) is 9.94. The van der Waals surface area contributed by atoms with Gasteiger partial charge in [-0.3, -0.25) is 10.1 Å². The Balaban J connectivity index is 1.38. The van der Waals surface area contributed by atoms with Gasteiger partial charge in [-0.15, -0.1) is 0 Å². The zero-order valence-electron chi connectivity index (χ0n) is 16.3. The first-order valence-electron chi connectivity index (χ1n) is 9.93. The molecule has 3 rings (SSSR count). The summed E-state index contributed by atoms with van der Waals surface area (Å²) in [6, 6.07) is -0.362. The average Bonchev–Trinajstić information content (AvgIpc) is 3.35. The number of unbranched alkanes of at least 4 members (excludes halogenated alkanes) is 2. The summed E-state index contributed by atoms with van der Waals surface area (Å²) in [5.41, 5.74) is 0.857. The molecular weight excluding hydrogens is 382 g/mol. The van der Waals surface area contributed by atoms with Gasteiger partial charge in [-0.2, -0.15) is 0 Å². The molecule has 0 spiro atoms. The second kappa shape index (κ2) is 8.93. The first-order valence-corrected chi connectivity index (χ1v) is 11.8. The molecule has 3 amide bonds. The molecule has 10 heteroatoms. The lowest BCUT2D eigenvalue weighted by atomic mass is 10.1. The fourth-order valence-electron chi connectivity index (χ4n) is 3.68. The van der Waals surface area contributed by atoms with Crippen LogP contribution < -0.4 is 10.2 Å². The zero-order valence-corrected chi connectivity index (χ0v) is 17.1. The number of amides is 3. The van der Waals surface area contributed by atoms with Crippen molar-refractivity contribution >= 4 is 27.7 Å². The molecule has 2 aliphatic rings. The van der Waals surface area contributed by atoms with E-state index >= 15 is 0 Å². The maximum Gasteiger partial charge on any atom is 0.324 e. The Hall–Kier alpha value is -2.10. The highest BCUT2D eigenvalue weighted by molar-refractivity contribution is 7.91. The van der Waals surface area contributed by atoms with Crippen LogP contribution in [0.5, 0.6) is 0 Å². The Kier molecular flexibility index (Phi) is 6.58. The largest absolute Gasteiger partial charge is 0.342 e. The number of nitrogens with one attached hydrogen (secondary N) is 2. The Morgan fingerprint density at radius 3 is 2.61 bits per heavy atom. The number of imide groups is 1. The van der Waals surface area contributed by atoms with Gasteiger partial charge in [0.2, 0.25) is 11.9 Å². The van der Waals surface area contributed by atoms with Crippen LogP contribution in [-0.4, -0.2) is 72.9 Å². The van der Waals surface area contributed by atoms with Crippen molar-refractivity contribution in [2.75, 3.05) is 42.6 Å². The normalized spacial score (nSPS) is 18.8. The molecular formula is C18H29N5O4S. The number of H-pyrrole nitrogens is 1. The van der Waals surface area contributed by atoms with Crippen molar-refractivity contribution in [1.82, 2.24) is 20.2 Å². The average molecular weight is 412 g/mol. The summed E-state index contributed by atoms with van der Waals surface area (Å²) >= 11 is 0. The summed E-state index contributed by atoms with van der Waals surface area (Å²) in [5, 5.41) is 2.23. The van der Waals surface area contributed by atoms with Crippen LogP contribution in [-0.2, 0) is 14.6 Å². The molecule has 0 saturated carbocycles. The van der Waals surface area contributed by atoms with E-state index in [1.807, 2.05) is 6.92 Å². The van der Waals surface area contributed by atoms with Gasteiger partial charge in [0.15, 0.2) is 9.84 Å². The van der Waals surface area contributed by atoms with Crippen molar-refractivity contribution in [2.45, 2.75) is 44.9 Å². The Bertz CT molecular complexity index is 801. The van der Waals surface area contributed by atoms with Gasteiger partial charge in [-0.05, 0) is 25.7 Å². The van der Waals surface area contributed by atoms with E-state index in [2.05, 4.69) is 20.2 Å². The fourth-order valence-corrected chi connectivity index (χ4v) is 5.44. The molecule has 28 heavy (non-hydrogen) atoms. The minimum absolute atomic E-state index is 0.0949. The zero-order chi connectivity index (χ0) is 20.1. The number of aromatic amines is 1. The van der Waals surface area contributed by atoms with Crippen molar-refractivity contribution in [1.29, 1.82) is 0 Å². The number of rotatable bonds is 10. The molecule has 156 valence electrons. The quantitative estimate of drug-likeness (QED) is 0.442. The molecule has 1 unspecified atom stereocenters. The molecule has 2 fully saturated rings. The first kappa shape index (κ1) is 20.6. The molecule has 2 aliphatic heterocycles. The summed E-state index contributed by atoms with van der Waals surface area (Å²) in [4.78, 5) is 33.9. The van der Waals surface area contributed by atoms with E-state index in [4.69, 9.17) is 0 Å². The molecule has 1 atom stereocenters. The molecule has 0 bridgehead atoms. The topological polar surface area (TPSA) is 115 Å². The molecule has 1 aromatic rings. The Morgan fingerprint density at radius 2 is 1.93 bits per heavy atom. The number of nitrogens with zero attached hydrogens (tertiary/aromatic N) is 3. The highest BCUT2D eigenvalue weighted by Crippen LogP contribution is 2.21. The lowest BCUT2D eigenvalue weighted by Gasteiger charge is -2.14. The third-order valence-electron chi connectivity index (χ3n) is 5.27. The number of sulfone groups is 1. The molecule has 0 radical (unpaired) electrons. The summed E-state index contributed by atoms with van der Waals surface area (Å²) in [7, 11) is -3.17. The summed E-state index contributed by atoms with van der Waals surface area (Å²) in [6.45, 7) is 4.46. The highest BCUT2D eigenvalue weighted by Gasteiger charge is 2.26. The van der Waals surface area contributed by atoms with Crippen LogP contribution >= 0.6 is 0 Å². The number of carbonyl (C=O) groups excluding carboxylic acids is 2. The van der Waals surface area contributed by atoms with Crippen molar-refractivity contribution < 1.29 is 18.0 Å². The summed E-state index contributed by atoms with van der Waals surface area (Å²) in [5.74, 6) is 0.648. The van der Waals surface area contributed by atoms with Gasteiger partial charge < -0.3 is 14.8 Å². The number of aromatic nitrogens is 2. The van der Waals surface area contributed by atoms with E-state index in [0.717, 1.165) is 24.7 Å². The Morgan fingerprint density at radius 1 is 1.18 bits per heavy atom. The lowest BCUT2D eigenvalue weighted by Crippen LogP contribution is -2.29. The third-order valence-corrected chi connectivity index (χ3v) is 7.19. The summed E-state index contributed by atoms with van der Waals surface area (Å²) in [6.07, 6.45) is 6.02.